The van der Waals surface area contributed by atoms with Gasteiger partial charge in [-0.25, -0.2) is 0 Å². The Morgan fingerprint density at radius 3 is 2.25 bits per heavy atom. The van der Waals surface area contributed by atoms with Crippen molar-refractivity contribution in [2.24, 2.45) is 0 Å². The van der Waals surface area contributed by atoms with Crippen LogP contribution < -0.4 is 10.6 Å². The van der Waals surface area contributed by atoms with Crippen LogP contribution in [0, 0.1) is 0 Å². The fourth-order valence-corrected chi connectivity index (χ4v) is 1.13. The molecule has 0 saturated carbocycles. The third-order valence-electron chi connectivity index (χ3n) is 2.15. The van der Waals surface area contributed by atoms with Gasteiger partial charge in [0, 0.05) is 18.3 Å². The van der Waals surface area contributed by atoms with Crippen molar-refractivity contribution in [1.82, 2.24) is 5.32 Å². The molecule has 0 spiro atoms. The molecule has 1 unspecified atom stereocenters. The third kappa shape index (κ3) is 2.98. The highest BCUT2D eigenvalue weighted by Crippen LogP contribution is 2.08. The van der Waals surface area contributed by atoms with Gasteiger partial charge < -0.3 is 15.7 Å². The maximum Gasteiger partial charge on any atom is 0.325 e. The molecule has 1 aromatic rings. The smallest absolute Gasteiger partial charge is 0.325 e. The maximum atomic E-state index is 11.6. The van der Waals surface area contributed by atoms with E-state index in [2.05, 4.69) is 10.6 Å². The van der Waals surface area contributed by atoms with Gasteiger partial charge in [0.15, 0.2) is 0 Å². The molecule has 0 radical (unpaired) electrons. The number of benzene rings is 1. The number of carbonyl (C=O) groups is 2. The summed E-state index contributed by atoms with van der Waals surface area (Å²) in [4.78, 5) is 22.1. The first-order valence-electron chi connectivity index (χ1n) is 4.86. The summed E-state index contributed by atoms with van der Waals surface area (Å²) >= 11 is 0. The quantitative estimate of drug-likeness (QED) is 0.708. The minimum Gasteiger partial charge on any atom is -0.480 e. The monoisotopic (exact) mass is 222 g/mol. The largest absolute Gasteiger partial charge is 0.480 e. The first kappa shape index (κ1) is 12.0. The summed E-state index contributed by atoms with van der Waals surface area (Å²) in [7, 11) is 1.78. The molecule has 1 amide bonds. The van der Waals surface area contributed by atoms with Crippen molar-refractivity contribution in [3.05, 3.63) is 29.8 Å². The van der Waals surface area contributed by atoms with E-state index in [9.17, 15) is 9.59 Å². The number of carboxylic acids is 1. The van der Waals surface area contributed by atoms with E-state index in [4.69, 9.17) is 5.11 Å². The van der Waals surface area contributed by atoms with Gasteiger partial charge in [0.25, 0.3) is 5.91 Å². The standard InChI is InChI=1S/C11H14N2O3/c1-7(11(15)16)13-10(14)8-3-5-9(12-2)6-4-8/h3-7,12H,1-2H3,(H,13,14)(H,15,16). The molecule has 0 saturated heterocycles. The number of hydrogen-bond donors (Lipinski definition) is 3. The van der Waals surface area contributed by atoms with Crippen molar-refractivity contribution < 1.29 is 14.7 Å². The molecule has 86 valence electrons. The molecular formula is C11H14N2O3. The van der Waals surface area contributed by atoms with Crippen LogP contribution in [-0.4, -0.2) is 30.1 Å². The molecule has 5 heteroatoms. The number of anilines is 1. The van der Waals surface area contributed by atoms with E-state index in [1.54, 1.807) is 31.3 Å². The van der Waals surface area contributed by atoms with E-state index < -0.39 is 17.9 Å². The lowest BCUT2D eigenvalue weighted by molar-refractivity contribution is -0.138. The highest BCUT2D eigenvalue weighted by Gasteiger charge is 2.14. The molecule has 0 aromatic heterocycles. The van der Waals surface area contributed by atoms with E-state index in [0.29, 0.717) is 5.56 Å². The van der Waals surface area contributed by atoms with Gasteiger partial charge in [-0.3, -0.25) is 9.59 Å². The molecule has 0 aliphatic carbocycles. The summed E-state index contributed by atoms with van der Waals surface area (Å²) in [5.74, 6) is -1.45. The van der Waals surface area contributed by atoms with E-state index in [1.165, 1.54) is 6.92 Å². The SMILES string of the molecule is CNc1ccc(C(=O)NC(C)C(=O)O)cc1. The Balaban J connectivity index is 2.69. The molecule has 0 bridgehead atoms. The highest BCUT2D eigenvalue weighted by molar-refractivity contribution is 5.96. The van der Waals surface area contributed by atoms with Crippen molar-refractivity contribution in [3.63, 3.8) is 0 Å². The average molecular weight is 222 g/mol. The summed E-state index contributed by atoms with van der Waals surface area (Å²) in [6, 6.07) is 5.88. The zero-order chi connectivity index (χ0) is 12.1. The molecule has 1 atom stereocenters. The third-order valence-corrected chi connectivity index (χ3v) is 2.15. The Bertz CT molecular complexity index is 387. The minimum absolute atomic E-state index is 0.391. The lowest BCUT2D eigenvalue weighted by Gasteiger charge is -2.09. The van der Waals surface area contributed by atoms with Gasteiger partial charge in [-0.15, -0.1) is 0 Å². The van der Waals surface area contributed by atoms with E-state index >= 15 is 0 Å². The van der Waals surface area contributed by atoms with Gasteiger partial charge in [-0.1, -0.05) is 0 Å². The number of carboxylic acid groups (broad SMARTS) is 1. The lowest BCUT2D eigenvalue weighted by Crippen LogP contribution is -2.38. The number of amides is 1. The van der Waals surface area contributed by atoms with Crippen LogP contribution in [0.5, 0.6) is 0 Å². The summed E-state index contributed by atoms with van der Waals surface area (Å²) < 4.78 is 0. The second-order valence-corrected chi connectivity index (χ2v) is 3.36. The molecule has 0 aliphatic rings. The molecule has 1 rings (SSSR count). The molecular weight excluding hydrogens is 208 g/mol. The van der Waals surface area contributed by atoms with Crippen molar-refractivity contribution in [1.29, 1.82) is 0 Å². The number of carbonyl (C=O) groups excluding carboxylic acids is 1. The Morgan fingerprint density at radius 1 is 1.25 bits per heavy atom. The van der Waals surface area contributed by atoms with Crippen molar-refractivity contribution in [3.8, 4) is 0 Å². The second-order valence-electron chi connectivity index (χ2n) is 3.36. The zero-order valence-electron chi connectivity index (χ0n) is 9.15. The van der Waals surface area contributed by atoms with Gasteiger partial charge in [0.1, 0.15) is 6.04 Å². The van der Waals surface area contributed by atoms with Crippen LogP contribution in [0.4, 0.5) is 5.69 Å². The average Bonchev–Trinajstić information content (AvgIpc) is 2.28. The first-order chi connectivity index (χ1) is 7.54. The number of aliphatic carboxylic acids is 1. The predicted molar refractivity (Wildman–Crippen MR) is 60.6 cm³/mol. The van der Waals surface area contributed by atoms with Gasteiger partial charge in [-0.2, -0.15) is 0 Å². The Kier molecular flexibility index (Phi) is 3.88. The highest BCUT2D eigenvalue weighted by atomic mass is 16.4. The van der Waals surface area contributed by atoms with Crippen LogP contribution >= 0.6 is 0 Å². The predicted octanol–water partition coefficient (Wildman–Crippen LogP) is 0.931. The maximum absolute atomic E-state index is 11.6. The van der Waals surface area contributed by atoms with Crippen molar-refractivity contribution in [2.45, 2.75) is 13.0 Å². The van der Waals surface area contributed by atoms with E-state index in [1.807, 2.05) is 0 Å². The summed E-state index contributed by atoms with van der Waals surface area (Å²) in [5, 5.41) is 13.9. The topological polar surface area (TPSA) is 78.4 Å². The van der Waals surface area contributed by atoms with Crippen LogP contribution in [0.15, 0.2) is 24.3 Å². The second kappa shape index (κ2) is 5.16. The molecule has 5 nitrogen and oxygen atoms in total. The Labute approximate surface area is 93.5 Å². The normalized spacial score (nSPS) is 11.6. The van der Waals surface area contributed by atoms with Crippen LogP contribution in [-0.2, 0) is 4.79 Å². The van der Waals surface area contributed by atoms with Gasteiger partial charge >= 0.3 is 5.97 Å². The fraction of sp³-hybridized carbons (Fsp3) is 0.273. The minimum atomic E-state index is -1.06. The molecule has 1 aromatic carbocycles. The van der Waals surface area contributed by atoms with E-state index in [-0.39, 0.29) is 0 Å². The van der Waals surface area contributed by atoms with Crippen LogP contribution in [0.25, 0.3) is 0 Å². The van der Waals surface area contributed by atoms with E-state index in [0.717, 1.165) is 5.69 Å². The Hall–Kier alpha value is -2.04. The summed E-state index contributed by atoms with van der Waals surface area (Å²) in [6.07, 6.45) is 0. The van der Waals surface area contributed by atoms with Crippen molar-refractivity contribution in [2.75, 3.05) is 12.4 Å². The van der Waals surface area contributed by atoms with Crippen LogP contribution in [0.2, 0.25) is 0 Å². The molecule has 0 fully saturated rings. The van der Waals surface area contributed by atoms with Crippen LogP contribution in [0.1, 0.15) is 17.3 Å². The van der Waals surface area contributed by atoms with Gasteiger partial charge in [-0.05, 0) is 31.2 Å². The summed E-state index contributed by atoms with van der Waals surface area (Å²) in [5.41, 5.74) is 1.33. The van der Waals surface area contributed by atoms with Gasteiger partial charge in [0.2, 0.25) is 0 Å². The molecule has 0 heterocycles. The van der Waals surface area contributed by atoms with Gasteiger partial charge in [0.05, 0.1) is 0 Å². The molecule has 0 aliphatic heterocycles. The number of nitrogens with one attached hydrogen (secondary N) is 2. The lowest BCUT2D eigenvalue weighted by atomic mass is 10.2. The fourth-order valence-electron chi connectivity index (χ4n) is 1.13. The summed E-state index contributed by atoms with van der Waals surface area (Å²) in [6.45, 7) is 1.42. The van der Waals surface area contributed by atoms with Crippen LogP contribution in [0.3, 0.4) is 0 Å². The number of hydrogen-bond acceptors (Lipinski definition) is 3. The zero-order valence-corrected chi connectivity index (χ0v) is 9.15. The first-order valence-corrected chi connectivity index (χ1v) is 4.86. The number of rotatable bonds is 4. The Morgan fingerprint density at radius 2 is 1.81 bits per heavy atom. The molecule has 16 heavy (non-hydrogen) atoms. The van der Waals surface area contributed by atoms with Crippen molar-refractivity contribution >= 4 is 17.6 Å². The molecule has 3 N–H and O–H groups in total.